The van der Waals surface area contributed by atoms with E-state index < -0.39 is 5.60 Å². The van der Waals surface area contributed by atoms with E-state index in [1.165, 1.54) is 0 Å². The fourth-order valence-electron chi connectivity index (χ4n) is 3.41. The number of ether oxygens (including phenoxy) is 1. The molecule has 1 saturated heterocycles. The lowest BCUT2D eigenvalue weighted by Crippen LogP contribution is -2.67. The molecular weight excluding hydrogens is 324 g/mol. The Morgan fingerprint density at radius 3 is 2.79 bits per heavy atom. The van der Waals surface area contributed by atoms with Crippen molar-refractivity contribution in [1.82, 2.24) is 9.97 Å². The maximum atomic E-state index is 10.9. The van der Waals surface area contributed by atoms with Gasteiger partial charge < -0.3 is 20.1 Å². The Labute approximate surface area is 148 Å². The van der Waals surface area contributed by atoms with Crippen molar-refractivity contribution < 1.29 is 9.84 Å². The number of nitrogens with zero attached hydrogens (tertiary/aromatic N) is 3. The molecule has 1 aromatic heterocycles. The zero-order chi connectivity index (χ0) is 17.2. The minimum Gasteiger partial charge on any atom is -0.387 e. The first-order valence-electron chi connectivity index (χ1n) is 8.69. The lowest BCUT2D eigenvalue weighted by Gasteiger charge is -2.58. The van der Waals surface area contributed by atoms with Crippen LogP contribution in [0.2, 0.25) is 0 Å². The van der Waals surface area contributed by atoms with E-state index >= 15 is 0 Å². The molecule has 2 atom stereocenters. The first-order chi connectivity index (χ1) is 11.5. The van der Waals surface area contributed by atoms with Crippen LogP contribution < -0.4 is 10.2 Å². The molecule has 0 spiro atoms. The normalized spacial score (nSPS) is 29.2. The summed E-state index contributed by atoms with van der Waals surface area (Å²) in [5.74, 6) is 4.00. The summed E-state index contributed by atoms with van der Waals surface area (Å²) in [7, 11) is 0. The van der Waals surface area contributed by atoms with Crippen molar-refractivity contribution in [2.24, 2.45) is 5.41 Å². The maximum absolute atomic E-state index is 10.9. The Kier molecular flexibility index (Phi) is 5.22. The highest BCUT2D eigenvalue weighted by molar-refractivity contribution is 7.99. The molecule has 1 aromatic rings. The molecule has 2 unspecified atom stereocenters. The van der Waals surface area contributed by atoms with Gasteiger partial charge in [-0.15, -0.1) is 0 Å². The zero-order valence-electron chi connectivity index (χ0n) is 14.8. The highest BCUT2D eigenvalue weighted by Crippen LogP contribution is 2.51. The van der Waals surface area contributed by atoms with Crippen LogP contribution in [0.4, 0.5) is 11.6 Å². The molecule has 2 heterocycles. The van der Waals surface area contributed by atoms with Crippen molar-refractivity contribution in [3.63, 3.8) is 0 Å². The van der Waals surface area contributed by atoms with Gasteiger partial charge in [0, 0.05) is 55.6 Å². The molecule has 1 aliphatic carbocycles. The lowest BCUT2D eigenvalue weighted by molar-refractivity contribution is -0.233. The molecule has 0 radical (unpaired) electrons. The molecule has 0 amide bonds. The van der Waals surface area contributed by atoms with Crippen LogP contribution in [0, 0.1) is 5.41 Å². The molecule has 134 valence electrons. The molecule has 0 aromatic carbocycles. The second-order valence-corrected chi connectivity index (χ2v) is 8.34. The fraction of sp³-hybridized carbons (Fsp3) is 0.765. The minimum atomic E-state index is -0.778. The molecule has 3 rings (SSSR count). The first kappa shape index (κ1) is 17.8. The van der Waals surface area contributed by atoms with Crippen molar-refractivity contribution in [2.45, 2.75) is 38.9 Å². The van der Waals surface area contributed by atoms with Crippen molar-refractivity contribution in [3.05, 3.63) is 12.4 Å². The van der Waals surface area contributed by atoms with Crippen LogP contribution in [-0.4, -0.2) is 64.5 Å². The molecule has 1 saturated carbocycles. The van der Waals surface area contributed by atoms with Crippen LogP contribution in [0.1, 0.15) is 27.2 Å². The van der Waals surface area contributed by atoms with E-state index in [1.807, 2.05) is 24.8 Å². The number of anilines is 2. The highest BCUT2D eigenvalue weighted by atomic mass is 32.2. The number of hydrogen-bond donors (Lipinski definition) is 2. The van der Waals surface area contributed by atoms with Crippen molar-refractivity contribution >= 4 is 23.4 Å². The Hall–Kier alpha value is -1.05. The smallest absolute Gasteiger partial charge is 0.134 e. The molecule has 24 heavy (non-hydrogen) atoms. The van der Waals surface area contributed by atoms with Crippen molar-refractivity contribution in [3.8, 4) is 0 Å². The van der Waals surface area contributed by atoms with E-state index in [0.29, 0.717) is 19.6 Å². The summed E-state index contributed by atoms with van der Waals surface area (Å²) >= 11 is 1.98. The number of rotatable bonds is 6. The van der Waals surface area contributed by atoms with Gasteiger partial charge in [0.15, 0.2) is 0 Å². The lowest BCUT2D eigenvalue weighted by atomic mass is 9.56. The van der Waals surface area contributed by atoms with Gasteiger partial charge in [-0.2, -0.15) is 11.8 Å². The quantitative estimate of drug-likeness (QED) is 0.811. The number of aromatic nitrogens is 2. The summed E-state index contributed by atoms with van der Waals surface area (Å²) in [5.41, 5.74) is -1.05. The Morgan fingerprint density at radius 2 is 2.12 bits per heavy atom. The third-order valence-electron chi connectivity index (χ3n) is 5.44. The van der Waals surface area contributed by atoms with Crippen LogP contribution in [0.3, 0.4) is 0 Å². The van der Waals surface area contributed by atoms with Crippen LogP contribution in [0.25, 0.3) is 0 Å². The average molecular weight is 353 g/mol. The van der Waals surface area contributed by atoms with Gasteiger partial charge in [-0.25, -0.2) is 9.97 Å². The zero-order valence-corrected chi connectivity index (χ0v) is 15.6. The molecular formula is C17H28N4O2S. The number of aliphatic hydroxyl groups is 1. The number of nitrogens with one attached hydrogen (secondary N) is 1. The van der Waals surface area contributed by atoms with Gasteiger partial charge in [-0.3, -0.25) is 0 Å². The molecule has 2 N–H and O–H groups in total. The summed E-state index contributed by atoms with van der Waals surface area (Å²) in [4.78, 5) is 11.0. The van der Waals surface area contributed by atoms with E-state index in [9.17, 15) is 5.11 Å². The van der Waals surface area contributed by atoms with E-state index in [-0.39, 0.29) is 11.5 Å². The summed E-state index contributed by atoms with van der Waals surface area (Å²) in [6, 6.07) is 1.98. The van der Waals surface area contributed by atoms with Gasteiger partial charge in [0.25, 0.3) is 0 Å². The van der Waals surface area contributed by atoms with Crippen LogP contribution in [0.15, 0.2) is 12.4 Å². The number of hydrogen-bond acceptors (Lipinski definition) is 7. The third kappa shape index (κ3) is 3.34. The summed E-state index contributed by atoms with van der Waals surface area (Å²) in [6.45, 7) is 9.32. The van der Waals surface area contributed by atoms with E-state index in [2.05, 4.69) is 34.0 Å². The molecule has 2 fully saturated rings. The maximum Gasteiger partial charge on any atom is 0.134 e. The van der Waals surface area contributed by atoms with Crippen molar-refractivity contribution in [1.29, 1.82) is 0 Å². The van der Waals surface area contributed by atoms with Crippen LogP contribution >= 0.6 is 11.8 Å². The standard InChI is InChI=1S/C17H28N4O2S/c1-4-23-13-10-17(22,16(13,2)3)11-18-14-9-15(20-12-19-14)21-5-7-24-8-6-21/h9,12-13,22H,4-8,10-11H2,1-3H3,(H,18,19,20). The van der Waals surface area contributed by atoms with Gasteiger partial charge >= 0.3 is 0 Å². The largest absolute Gasteiger partial charge is 0.387 e. The topological polar surface area (TPSA) is 70.5 Å². The van der Waals surface area contributed by atoms with E-state index in [1.54, 1.807) is 6.33 Å². The molecule has 2 aliphatic rings. The molecule has 7 heteroatoms. The van der Waals surface area contributed by atoms with E-state index in [0.717, 1.165) is 36.2 Å². The Balaban J connectivity index is 1.61. The van der Waals surface area contributed by atoms with Crippen LogP contribution in [0.5, 0.6) is 0 Å². The molecule has 6 nitrogen and oxygen atoms in total. The SMILES string of the molecule is CCOC1CC(O)(CNc2cc(N3CCSCC3)ncn2)C1(C)C. The second kappa shape index (κ2) is 7.06. The highest BCUT2D eigenvalue weighted by Gasteiger charge is 2.59. The molecule has 1 aliphatic heterocycles. The van der Waals surface area contributed by atoms with Gasteiger partial charge in [0.05, 0.1) is 11.7 Å². The fourth-order valence-corrected chi connectivity index (χ4v) is 4.31. The Morgan fingerprint density at radius 1 is 1.38 bits per heavy atom. The van der Waals surface area contributed by atoms with Crippen molar-refractivity contribution in [2.75, 3.05) is 48.0 Å². The average Bonchev–Trinajstić information content (AvgIpc) is 2.61. The minimum absolute atomic E-state index is 0.112. The first-order valence-corrected chi connectivity index (χ1v) is 9.84. The van der Waals surface area contributed by atoms with Gasteiger partial charge in [-0.1, -0.05) is 13.8 Å². The van der Waals surface area contributed by atoms with Gasteiger partial charge in [0.2, 0.25) is 0 Å². The summed E-state index contributed by atoms with van der Waals surface area (Å²) in [6.07, 6.45) is 2.36. The predicted molar refractivity (Wildman–Crippen MR) is 98.8 cm³/mol. The van der Waals surface area contributed by atoms with E-state index in [4.69, 9.17) is 4.74 Å². The molecule has 0 bridgehead atoms. The van der Waals surface area contributed by atoms with Gasteiger partial charge in [-0.05, 0) is 6.92 Å². The number of thioether (sulfide) groups is 1. The summed E-state index contributed by atoms with van der Waals surface area (Å²) in [5, 5.41) is 14.2. The van der Waals surface area contributed by atoms with Gasteiger partial charge in [0.1, 0.15) is 18.0 Å². The monoisotopic (exact) mass is 352 g/mol. The predicted octanol–water partition coefficient (Wildman–Crippen LogP) is 2.01. The third-order valence-corrected chi connectivity index (χ3v) is 6.39. The second-order valence-electron chi connectivity index (χ2n) is 7.12. The Bertz CT molecular complexity index is 565. The van der Waals surface area contributed by atoms with Crippen LogP contribution in [-0.2, 0) is 4.74 Å². The summed E-state index contributed by atoms with van der Waals surface area (Å²) < 4.78 is 5.72.